The van der Waals surface area contributed by atoms with Gasteiger partial charge >= 0.3 is 0 Å². The largest absolute Gasteiger partial charge is 0.348 e. The van der Waals surface area contributed by atoms with Crippen molar-refractivity contribution in [2.75, 3.05) is 0 Å². The number of imide groups is 1. The van der Waals surface area contributed by atoms with Gasteiger partial charge in [0.1, 0.15) is 0 Å². The average molecular weight is 221 g/mol. The Morgan fingerprint density at radius 2 is 2.12 bits per heavy atom. The van der Waals surface area contributed by atoms with Gasteiger partial charge in [0.05, 0.1) is 6.33 Å². The van der Waals surface area contributed by atoms with Crippen molar-refractivity contribution in [3.05, 3.63) is 18.2 Å². The maximum atomic E-state index is 11.7. The molecule has 5 nitrogen and oxygen atoms in total. The van der Waals surface area contributed by atoms with Crippen molar-refractivity contribution in [3.63, 3.8) is 0 Å². The smallest absolute Gasteiger partial charge is 0.229 e. The van der Waals surface area contributed by atoms with Crippen molar-refractivity contribution >= 4 is 11.8 Å². The van der Waals surface area contributed by atoms with E-state index in [1.54, 1.807) is 12.5 Å². The fraction of sp³-hybridized carbons (Fsp3) is 0.545. The molecule has 16 heavy (non-hydrogen) atoms. The molecule has 1 fully saturated rings. The van der Waals surface area contributed by atoms with Crippen LogP contribution in [0.1, 0.15) is 31.9 Å². The Bertz CT molecular complexity index is 370. The van der Waals surface area contributed by atoms with Crippen molar-refractivity contribution in [1.29, 1.82) is 0 Å². The van der Waals surface area contributed by atoms with Crippen LogP contribution in [0, 0.1) is 0 Å². The molecule has 2 rings (SSSR count). The second-order valence-corrected chi connectivity index (χ2v) is 4.14. The van der Waals surface area contributed by atoms with Crippen LogP contribution in [0.5, 0.6) is 0 Å². The molecule has 86 valence electrons. The summed E-state index contributed by atoms with van der Waals surface area (Å²) in [6.45, 7) is 1.89. The lowest BCUT2D eigenvalue weighted by Gasteiger charge is -2.30. The predicted octanol–water partition coefficient (Wildman–Crippen LogP) is 0.880. The Hall–Kier alpha value is -1.65. The second-order valence-electron chi connectivity index (χ2n) is 4.14. The lowest BCUT2D eigenvalue weighted by atomic mass is 10.0. The molecular weight excluding hydrogens is 206 g/mol. The fourth-order valence-electron chi connectivity index (χ4n) is 2.07. The third-order valence-electron chi connectivity index (χ3n) is 2.83. The van der Waals surface area contributed by atoms with Crippen molar-refractivity contribution in [2.45, 2.75) is 38.6 Å². The van der Waals surface area contributed by atoms with E-state index in [0.717, 1.165) is 5.69 Å². The highest BCUT2D eigenvalue weighted by Crippen LogP contribution is 2.17. The molecule has 2 amide bonds. The van der Waals surface area contributed by atoms with Gasteiger partial charge in [0.2, 0.25) is 11.8 Å². The van der Waals surface area contributed by atoms with Gasteiger partial charge in [0.15, 0.2) is 0 Å². The zero-order chi connectivity index (χ0) is 11.5. The van der Waals surface area contributed by atoms with Crippen molar-refractivity contribution in [3.8, 4) is 0 Å². The highest BCUT2D eigenvalue weighted by atomic mass is 16.2. The number of carbonyl (C=O) groups is 2. The van der Waals surface area contributed by atoms with E-state index in [0.29, 0.717) is 25.7 Å². The zero-order valence-electron chi connectivity index (χ0n) is 9.27. The third-order valence-corrected chi connectivity index (χ3v) is 2.83. The van der Waals surface area contributed by atoms with Crippen LogP contribution in [0.15, 0.2) is 12.5 Å². The summed E-state index contributed by atoms with van der Waals surface area (Å²) in [7, 11) is 0. The fourth-order valence-corrected chi connectivity index (χ4v) is 2.07. The number of likely N-dealkylation sites (tertiary alicyclic amines) is 1. The van der Waals surface area contributed by atoms with Crippen molar-refractivity contribution < 1.29 is 9.59 Å². The molecule has 1 aromatic heterocycles. The van der Waals surface area contributed by atoms with Gasteiger partial charge in [-0.1, -0.05) is 0 Å². The van der Waals surface area contributed by atoms with E-state index in [1.807, 2.05) is 6.92 Å². The number of nitrogens with one attached hydrogen (secondary N) is 1. The summed E-state index contributed by atoms with van der Waals surface area (Å²) in [6, 6.07) is -0.0965. The highest BCUT2D eigenvalue weighted by Gasteiger charge is 2.30. The molecule has 0 spiro atoms. The molecule has 1 N–H and O–H groups in total. The van der Waals surface area contributed by atoms with Crippen LogP contribution in [-0.2, 0) is 16.0 Å². The summed E-state index contributed by atoms with van der Waals surface area (Å²) in [5.41, 5.74) is 0.943. The summed E-state index contributed by atoms with van der Waals surface area (Å²) in [6.07, 6.45) is 5.61. The normalized spacial score (nSPS) is 18.9. The first-order valence-electron chi connectivity index (χ1n) is 5.50. The molecular formula is C11H15N3O2. The monoisotopic (exact) mass is 221 g/mol. The van der Waals surface area contributed by atoms with Crippen molar-refractivity contribution in [2.24, 2.45) is 0 Å². The molecule has 0 aromatic carbocycles. The summed E-state index contributed by atoms with van der Waals surface area (Å²) in [4.78, 5) is 31.6. The molecule has 0 saturated carbocycles. The molecule has 0 bridgehead atoms. The molecule has 5 heteroatoms. The quantitative estimate of drug-likeness (QED) is 0.770. The van der Waals surface area contributed by atoms with Crippen LogP contribution >= 0.6 is 0 Å². The number of nitrogens with zero attached hydrogens (tertiary/aromatic N) is 2. The minimum absolute atomic E-state index is 0.0525. The van der Waals surface area contributed by atoms with E-state index >= 15 is 0 Å². The Morgan fingerprint density at radius 1 is 1.44 bits per heavy atom. The number of H-pyrrole nitrogens is 1. The average Bonchev–Trinajstić information content (AvgIpc) is 2.70. The summed E-state index contributed by atoms with van der Waals surface area (Å²) < 4.78 is 0. The standard InChI is InChI=1S/C11H15N3O2/c1-8(5-9-6-12-7-13-9)14-10(15)3-2-4-11(14)16/h6-8H,2-5H2,1H3,(H,12,13). The van der Waals surface area contributed by atoms with E-state index in [9.17, 15) is 9.59 Å². The van der Waals surface area contributed by atoms with Gasteiger partial charge < -0.3 is 4.98 Å². The molecule has 0 aliphatic carbocycles. The number of aromatic nitrogens is 2. The molecule has 1 aliphatic heterocycles. The highest BCUT2D eigenvalue weighted by molar-refractivity contribution is 5.97. The van der Waals surface area contributed by atoms with Crippen LogP contribution in [-0.4, -0.2) is 32.7 Å². The second kappa shape index (κ2) is 4.47. The van der Waals surface area contributed by atoms with E-state index in [-0.39, 0.29) is 17.9 Å². The topological polar surface area (TPSA) is 66.1 Å². The number of rotatable bonds is 3. The van der Waals surface area contributed by atoms with Crippen LogP contribution in [0.4, 0.5) is 0 Å². The first kappa shape index (κ1) is 10.9. The van der Waals surface area contributed by atoms with Gasteiger partial charge in [-0.05, 0) is 13.3 Å². The van der Waals surface area contributed by atoms with Crippen LogP contribution in [0.25, 0.3) is 0 Å². The summed E-state index contributed by atoms with van der Waals surface area (Å²) in [5.74, 6) is -0.105. The number of amides is 2. The maximum Gasteiger partial charge on any atom is 0.229 e. The maximum absolute atomic E-state index is 11.7. The number of hydrogen-bond acceptors (Lipinski definition) is 3. The lowest BCUT2D eigenvalue weighted by molar-refractivity contribution is -0.150. The van der Waals surface area contributed by atoms with E-state index in [2.05, 4.69) is 9.97 Å². The Labute approximate surface area is 93.9 Å². The number of hydrogen-bond donors (Lipinski definition) is 1. The predicted molar refractivity (Wildman–Crippen MR) is 57.5 cm³/mol. The van der Waals surface area contributed by atoms with Crippen molar-refractivity contribution in [1.82, 2.24) is 14.9 Å². The minimum atomic E-state index is -0.0965. The van der Waals surface area contributed by atoms with Crippen LogP contribution < -0.4 is 0 Å². The van der Waals surface area contributed by atoms with E-state index < -0.39 is 0 Å². The zero-order valence-corrected chi connectivity index (χ0v) is 9.27. The SMILES string of the molecule is CC(Cc1cnc[nH]1)N1C(=O)CCCC1=O. The van der Waals surface area contributed by atoms with Gasteiger partial charge in [0.25, 0.3) is 0 Å². The number of piperidine rings is 1. The number of aromatic amines is 1. The first-order valence-corrected chi connectivity index (χ1v) is 5.50. The van der Waals surface area contributed by atoms with Gasteiger partial charge in [0, 0.05) is 37.2 Å². The molecule has 0 radical (unpaired) electrons. The molecule has 1 aliphatic rings. The number of imidazole rings is 1. The molecule has 2 heterocycles. The first-order chi connectivity index (χ1) is 7.68. The van der Waals surface area contributed by atoms with E-state index in [1.165, 1.54) is 4.90 Å². The lowest BCUT2D eigenvalue weighted by Crippen LogP contribution is -2.46. The minimum Gasteiger partial charge on any atom is -0.348 e. The van der Waals surface area contributed by atoms with E-state index in [4.69, 9.17) is 0 Å². The molecule has 1 aromatic rings. The van der Waals surface area contributed by atoms with Gasteiger partial charge in [-0.3, -0.25) is 14.5 Å². The van der Waals surface area contributed by atoms with Crippen LogP contribution in [0.2, 0.25) is 0 Å². The molecule has 1 saturated heterocycles. The Balaban J connectivity index is 2.05. The van der Waals surface area contributed by atoms with Gasteiger partial charge in [-0.2, -0.15) is 0 Å². The Morgan fingerprint density at radius 3 is 2.69 bits per heavy atom. The van der Waals surface area contributed by atoms with Crippen LogP contribution in [0.3, 0.4) is 0 Å². The van der Waals surface area contributed by atoms with Gasteiger partial charge in [-0.15, -0.1) is 0 Å². The third kappa shape index (κ3) is 2.13. The molecule has 1 atom stereocenters. The summed E-state index contributed by atoms with van der Waals surface area (Å²) in [5, 5.41) is 0. The Kier molecular flexibility index (Phi) is 3.03. The molecule has 1 unspecified atom stereocenters. The van der Waals surface area contributed by atoms with Gasteiger partial charge in [-0.25, -0.2) is 4.98 Å². The summed E-state index contributed by atoms with van der Waals surface area (Å²) >= 11 is 0. The number of carbonyl (C=O) groups excluding carboxylic acids is 2.